The van der Waals surface area contributed by atoms with Crippen molar-refractivity contribution in [1.29, 1.82) is 0 Å². The number of rotatable bonds is 3. The van der Waals surface area contributed by atoms with E-state index in [1.54, 1.807) is 7.11 Å². The monoisotopic (exact) mass is 228 g/mol. The summed E-state index contributed by atoms with van der Waals surface area (Å²) in [6.07, 6.45) is 0. The van der Waals surface area contributed by atoms with Crippen molar-refractivity contribution in [3.63, 3.8) is 0 Å². The molecule has 0 unspecified atom stereocenters. The average molecular weight is 228 g/mol. The van der Waals surface area contributed by atoms with Gasteiger partial charge in [0.05, 0.1) is 6.61 Å². The fourth-order valence-corrected chi connectivity index (χ4v) is 1.87. The zero-order chi connectivity index (χ0) is 12.2. The Morgan fingerprint density at radius 2 is 1.75 bits per heavy atom. The largest absolute Gasteiger partial charge is 0.383 e. The first-order valence-corrected chi connectivity index (χ1v) is 5.96. The zero-order valence-corrected chi connectivity index (χ0v) is 11.0. The minimum atomic E-state index is -0.255. The molecule has 4 heteroatoms. The summed E-state index contributed by atoms with van der Waals surface area (Å²) in [5.74, 6) is 0.263. The molecular formula is C12H24N2O2. The second kappa shape index (κ2) is 5.64. The van der Waals surface area contributed by atoms with Crippen LogP contribution in [0.25, 0.3) is 0 Å². The van der Waals surface area contributed by atoms with E-state index in [-0.39, 0.29) is 11.3 Å². The fraction of sp³-hybridized carbons (Fsp3) is 0.917. The summed E-state index contributed by atoms with van der Waals surface area (Å²) in [5.41, 5.74) is -0.255. The molecule has 0 N–H and O–H groups in total. The van der Waals surface area contributed by atoms with Gasteiger partial charge in [-0.05, 0) is 0 Å². The quantitative estimate of drug-likeness (QED) is 0.717. The first-order chi connectivity index (χ1) is 7.45. The Kier molecular flexibility index (Phi) is 4.74. The molecule has 4 nitrogen and oxygen atoms in total. The highest BCUT2D eigenvalue weighted by atomic mass is 16.5. The van der Waals surface area contributed by atoms with E-state index in [0.717, 1.165) is 39.3 Å². The minimum absolute atomic E-state index is 0.255. The lowest BCUT2D eigenvalue weighted by Gasteiger charge is -2.37. The van der Waals surface area contributed by atoms with Crippen molar-refractivity contribution in [3.05, 3.63) is 0 Å². The first kappa shape index (κ1) is 13.5. The van der Waals surface area contributed by atoms with Gasteiger partial charge in [-0.2, -0.15) is 0 Å². The molecule has 0 atom stereocenters. The van der Waals surface area contributed by atoms with E-state index in [4.69, 9.17) is 4.74 Å². The maximum absolute atomic E-state index is 12.0. The predicted octanol–water partition coefficient (Wildman–Crippen LogP) is 0.823. The molecule has 1 fully saturated rings. The molecule has 0 bridgehead atoms. The Bertz CT molecular complexity index is 228. The summed E-state index contributed by atoms with van der Waals surface area (Å²) in [4.78, 5) is 16.3. The van der Waals surface area contributed by atoms with E-state index in [0.29, 0.717) is 0 Å². The number of amides is 1. The molecule has 0 aromatic heterocycles. The molecule has 0 aromatic rings. The molecule has 0 saturated carbocycles. The summed E-state index contributed by atoms with van der Waals surface area (Å²) in [5, 5.41) is 0. The number of methoxy groups -OCH3 is 1. The normalized spacial score (nSPS) is 18.9. The van der Waals surface area contributed by atoms with Crippen LogP contribution in [0.15, 0.2) is 0 Å². The van der Waals surface area contributed by atoms with Crippen LogP contribution >= 0.6 is 0 Å². The Labute approximate surface area is 98.5 Å². The summed E-state index contributed by atoms with van der Waals surface area (Å²) < 4.78 is 5.05. The highest BCUT2D eigenvalue weighted by Gasteiger charge is 2.29. The Morgan fingerprint density at radius 3 is 2.19 bits per heavy atom. The molecule has 1 rings (SSSR count). The SMILES string of the molecule is COCCN1CCN(C(=O)C(C)(C)C)CC1. The van der Waals surface area contributed by atoms with Gasteiger partial charge < -0.3 is 9.64 Å². The number of hydrogen-bond acceptors (Lipinski definition) is 3. The van der Waals surface area contributed by atoms with Crippen molar-refractivity contribution in [1.82, 2.24) is 9.80 Å². The van der Waals surface area contributed by atoms with Gasteiger partial charge in [0.15, 0.2) is 0 Å². The number of hydrogen-bond donors (Lipinski definition) is 0. The maximum Gasteiger partial charge on any atom is 0.228 e. The topological polar surface area (TPSA) is 32.8 Å². The number of nitrogens with zero attached hydrogens (tertiary/aromatic N) is 2. The van der Waals surface area contributed by atoms with E-state index in [1.165, 1.54) is 0 Å². The molecule has 0 spiro atoms. The van der Waals surface area contributed by atoms with Crippen LogP contribution in [0.4, 0.5) is 0 Å². The summed E-state index contributed by atoms with van der Waals surface area (Å²) >= 11 is 0. The highest BCUT2D eigenvalue weighted by Crippen LogP contribution is 2.18. The van der Waals surface area contributed by atoms with Gasteiger partial charge in [0.25, 0.3) is 0 Å². The van der Waals surface area contributed by atoms with E-state index in [2.05, 4.69) is 4.90 Å². The molecule has 1 aliphatic rings. The molecule has 1 amide bonds. The van der Waals surface area contributed by atoms with Gasteiger partial charge in [0, 0.05) is 45.2 Å². The molecule has 1 saturated heterocycles. The van der Waals surface area contributed by atoms with Crippen molar-refractivity contribution >= 4 is 5.91 Å². The van der Waals surface area contributed by atoms with Crippen molar-refractivity contribution < 1.29 is 9.53 Å². The van der Waals surface area contributed by atoms with Crippen molar-refractivity contribution in [2.75, 3.05) is 46.4 Å². The smallest absolute Gasteiger partial charge is 0.228 e. The van der Waals surface area contributed by atoms with Crippen LogP contribution in [0.5, 0.6) is 0 Å². The third kappa shape index (κ3) is 3.76. The summed E-state index contributed by atoms with van der Waals surface area (Å²) in [6.45, 7) is 11.3. The van der Waals surface area contributed by atoms with Crippen LogP contribution in [0.3, 0.4) is 0 Å². The van der Waals surface area contributed by atoms with Crippen LogP contribution < -0.4 is 0 Å². The van der Waals surface area contributed by atoms with E-state index >= 15 is 0 Å². The van der Waals surface area contributed by atoms with Crippen LogP contribution in [-0.2, 0) is 9.53 Å². The van der Waals surface area contributed by atoms with Gasteiger partial charge in [-0.1, -0.05) is 20.8 Å². The van der Waals surface area contributed by atoms with E-state index in [9.17, 15) is 4.79 Å². The minimum Gasteiger partial charge on any atom is -0.383 e. The third-order valence-corrected chi connectivity index (χ3v) is 2.91. The molecular weight excluding hydrogens is 204 g/mol. The van der Waals surface area contributed by atoms with Crippen molar-refractivity contribution in [2.45, 2.75) is 20.8 Å². The molecule has 0 aromatic carbocycles. The Morgan fingerprint density at radius 1 is 1.19 bits per heavy atom. The second-order valence-electron chi connectivity index (χ2n) is 5.38. The van der Waals surface area contributed by atoms with Crippen LogP contribution in [-0.4, -0.2) is 62.1 Å². The molecule has 0 aliphatic carbocycles. The molecule has 0 radical (unpaired) electrons. The standard InChI is InChI=1S/C12H24N2O2/c1-12(2,3)11(15)14-7-5-13(6-8-14)9-10-16-4/h5-10H2,1-4H3. The lowest BCUT2D eigenvalue weighted by Crippen LogP contribution is -2.52. The van der Waals surface area contributed by atoms with Gasteiger partial charge in [-0.15, -0.1) is 0 Å². The lowest BCUT2D eigenvalue weighted by atomic mass is 9.94. The zero-order valence-electron chi connectivity index (χ0n) is 11.0. The fourth-order valence-electron chi connectivity index (χ4n) is 1.87. The van der Waals surface area contributed by atoms with Crippen molar-refractivity contribution in [2.24, 2.45) is 5.41 Å². The maximum atomic E-state index is 12.0. The van der Waals surface area contributed by atoms with Gasteiger partial charge in [0.2, 0.25) is 5.91 Å². The van der Waals surface area contributed by atoms with Crippen molar-refractivity contribution in [3.8, 4) is 0 Å². The molecule has 1 aliphatic heterocycles. The highest BCUT2D eigenvalue weighted by molar-refractivity contribution is 5.81. The Hall–Kier alpha value is -0.610. The lowest BCUT2D eigenvalue weighted by molar-refractivity contribution is -0.141. The van der Waals surface area contributed by atoms with Gasteiger partial charge >= 0.3 is 0 Å². The number of ether oxygens (including phenoxy) is 1. The first-order valence-electron chi connectivity index (χ1n) is 5.96. The van der Waals surface area contributed by atoms with Crippen LogP contribution in [0.1, 0.15) is 20.8 Å². The average Bonchev–Trinajstić information content (AvgIpc) is 2.25. The summed E-state index contributed by atoms with van der Waals surface area (Å²) in [7, 11) is 1.72. The third-order valence-electron chi connectivity index (χ3n) is 2.91. The van der Waals surface area contributed by atoms with Crippen LogP contribution in [0, 0.1) is 5.41 Å². The number of carbonyl (C=O) groups excluding carboxylic acids is 1. The van der Waals surface area contributed by atoms with Gasteiger partial charge in [0.1, 0.15) is 0 Å². The van der Waals surface area contributed by atoms with E-state index in [1.807, 2.05) is 25.7 Å². The second-order valence-corrected chi connectivity index (χ2v) is 5.38. The molecule has 1 heterocycles. The van der Waals surface area contributed by atoms with Gasteiger partial charge in [-0.3, -0.25) is 9.69 Å². The Balaban J connectivity index is 2.34. The molecule has 94 valence electrons. The van der Waals surface area contributed by atoms with Gasteiger partial charge in [-0.25, -0.2) is 0 Å². The summed E-state index contributed by atoms with van der Waals surface area (Å²) in [6, 6.07) is 0. The van der Waals surface area contributed by atoms with Crippen LogP contribution in [0.2, 0.25) is 0 Å². The van der Waals surface area contributed by atoms with E-state index < -0.39 is 0 Å². The number of carbonyl (C=O) groups is 1. The number of piperazine rings is 1. The molecule has 16 heavy (non-hydrogen) atoms. The predicted molar refractivity (Wildman–Crippen MR) is 64.4 cm³/mol.